The van der Waals surface area contributed by atoms with Gasteiger partial charge in [0.25, 0.3) is 0 Å². The van der Waals surface area contributed by atoms with E-state index in [2.05, 4.69) is 4.98 Å². The van der Waals surface area contributed by atoms with E-state index in [1.165, 1.54) is 0 Å². The number of furan rings is 1. The molecule has 2 fully saturated rings. The molecule has 21 heavy (non-hydrogen) atoms. The number of rotatable bonds is 3. The van der Waals surface area contributed by atoms with E-state index in [0.29, 0.717) is 35.6 Å². The third kappa shape index (κ3) is 1.96. The van der Waals surface area contributed by atoms with E-state index in [-0.39, 0.29) is 5.88 Å². The van der Waals surface area contributed by atoms with E-state index in [1.54, 1.807) is 6.07 Å². The number of hydrogen-bond acceptors (Lipinski definition) is 5. The van der Waals surface area contributed by atoms with Crippen molar-refractivity contribution >= 4 is 5.88 Å². The number of aryl methyl sites for hydroxylation is 1. The normalized spacial score (nSPS) is 21.3. The van der Waals surface area contributed by atoms with Crippen LogP contribution in [-0.2, 0) is 11.2 Å². The fourth-order valence-electron chi connectivity index (χ4n) is 2.78. The lowest BCUT2D eigenvalue weighted by Gasteiger charge is -2.11. The van der Waals surface area contributed by atoms with Gasteiger partial charge in [-0.3, -0.25) is 0 Å². The van der Waals surface area contributed by atoms with Crippen LogP contribution in [-0.4, -0.2) is 15.2 Å². The maximum Gasteiger partial charge on any atom is 0.197 e. The molecule has 0 radical (unpaired) electrons. The molecule has 5 nitrogen and oxygen atoms in total. The molecule has 2 aromatic heterocycles. The first-order valence-corrected chi connectivity index (χ1v) is 7.24. The standard InChI is InChI=1S/C16H18N2O3/c1-9-2-3-11(18-13(9)16(20)6-7-16)12-8-10(14(17)21-12)15(19)4-5-15/h2-3,8,19-20H,4-7,17H2,1H3. The Kier molecular flexibility index (Phi) is 2.37. The maximum atomic E-state index is 10.3. The Morgan fingerprint density at radius 2 is 1.81 bits per heavy atom. The van der Waals surface area contributed by atoms with Crippen LogP contribution in [0, 0.1) is 6.92 Å². The molecular weight excluding hydrogens is 268 g/mol. The topological polar surface area (TPSA) is 92.5 Å². The summed E-state index contributed by atoms with van der Waals surface area (Å²) in [7, 11) is 0. The summed E-state index contributed by atoms with van der Waals surface area (Å²) >= 11 is 0. The van der Waals surface area contributed by atoms with Gasteiger partial charge in [-0.15, -0.1) is 0 Å². The molecule has 0 atom stereocenters. The van der Waals surface area contributed by atoms with Crippen molar-refractivity contribution < 1.29 is 14.6 Å². The molecule has 0 bridgehead atoms. The molecule has 5 heteroatoms. The lowest BCUT2D eigenvalue weighted by atomic mass is 10.1. The molecule has 110 valence electrons. The Morgan fingerprint density at radius 3 is 2.43 bits per heavy atom. The summed E-state index contributed by atoms with van der Waals surface area (Å²) < 4.78 is 5.57. The van der Waals surface area contributed by atoms with Gasteiger partial charge < -0.3 is 20.4 Å². The Labute approximate surface area is 122 Å². The highest BCUT2D eigenvalue weighted by Crippen LogP contribution is 2.50. The number of nitrogen functional groups attached to an aromatic ring is 1. The number of hydrogen-bond donors (Lipinski definition) is 3. The number of nitrogens with zero attached hydrogens (tertiary/aromatic N) is 1. The van der Waals surface area contributed by atoms with Crippen LogP contribution in [0.5, 0.6) is 0 Å². The molecule has 2 heterocycles. The molecule has 2 aliphatic carbocycles. The Morgan fingerprint density at radius 1 is 1.14 bits per heavy atom. The highest BCUT2D eigenvalue weighted by molar-refractivity contribution is 5.61. The summed E-state index contributed by atoms with van der Waals surface area (Å²) in [5, 5.41) is 20.5. The van der Waals surface area contributed by atoms with E-state index in [0.717, 1.165) is 18.4 Å². The lowest BCUT2D eigenvalue weighted by molar-refractivity contribution is 0.146. The second-order valence-electron chi connectivity index (χ2n) is 6.31. The highest BCUT2D eigenvalue weighted by atomic mass is 16.4. The minimum absolute atomic E-state index is 0.249. The lowest BCUT2D eigenvalue weighted by Crippen LogP contribution is -2.10. The summed E-state index contributed by atoms with van der Waals surface area (Å²) in [4.78, 5) is 4.55. The van der Waals surface area contributed by atoms with E-state index >= 15 is 0 Å². The second-order valence-corrected chi connectivity index (χ2v) is 6.31. The summed E-state index contributed by atoms with van der Waals surface area (Å²) in [6, 6.07) is 5.54. The Hall–Kier alpha value is -1.85. The van der Waals surface area contributed by atoms with Gasteiger partial charge >= 0.3 is 0 Å². The third-order valence-corrected chi connectivity index (χ3v) is 4.50. The van der Waals surface area contributed by atoms with Crippen LogP contribution in [0.1, 0.15) is 42.5 Å². The van der Waals surface area contributed by atoms with Gasteiger partial charge in [0.15, 0.2) is 11.6 Å². The molecule has 0 aromatic carbocycles. The fourth-order valence-corrected chi connectivity index (χ4v) is 2.78. The van der Waals surface area contributed by atoms with Crippen molar-refractivity contribution in [2.45, 2.75) is 43.8 Å². The SMILES string of the molecule is Cc1ccc(-c2cc(C3(O)CC3)c(N)o2)nc1C1(O)CC1. The molecule has 2 saturated carbocycles. The first-order chi connectivity index (χ1) is 9.91. The van der Waals surface area contributed by atoms with Crippen molar-refractivity contribution in [3.05, 3.63) is 35.0 Å². The third-order valence-electron chi connectivity index (χ3n) is 4.50. The first-order valence-electron chi connectivity index (χ1n) is 7.24. The Balaban J connectivity index is 1.77. The largest absolute Gasteiger partial charge is 0.439 e. The number of nitrogens with two attached hydrogens (primary N) is 1. The number of pyridine rings is 1. The second kappa shape index (κ2) is 3.87. The first kappa shape index (κ1) is 12.9. The van der Waals surface area contributed by atoms with Gasteiger partial charge in [-0.25, -0.2) is 4.98 Å². The predicted octanol–water partition coefficient (Wildman–Crippen LogP) is 2.20. The smallest absolute Gasteiger partial charge is 0.197 e. The summed E-state index contributed by atoms with van der Waals surface area (Å²) in [5.41, 5.74) is 7.22. The molecule has 2 aromatic rings. The van der Waals surface area contributed by atoms with Crippen LogP contribution in [0.2, 0.25) is 0 Å². The van der Waals surface area contributed by atoms with Gasteiger partial charge in [0.05, 0.1) is 11.3 Å². The van der Waals surface area contributed by atoms with Crippen molar-refractivity contribution in [1.29, 1.82) is 0 Å². The zero-order chi connectivity index (χ0) is 14.8. The van der Waals surface area contributed by atoms with E-state index in [4.69, 9.17) is 10.2 Å². The monoisotopic (exact) mass is 286 g/mol. The fraction of sp³-hybridized carbons (Fsp3) is 0.438. The van der Waals surface area contributed by atoms with Crippen LogP contribution in [0.4, 0.5) is 5.88 Å². The average Bonchev–Trinajstić information content (AvgIpc) is 3.33. The predicted molar refractivity (Wildman–Crippen MR) is 77.4 cm³/mol. The van der Waals surface area contributed by atoms with Crippen LogP contribution in [0.3, 0.4) is 0 Å². The zero-order valence-corrected chi connectivity index (χ0v) is 11.9. The summed E-state index contributed by atoms with van der Waals surface area (Å²) in [6.07, 6.45) is 2.91. The van der Waals surface area contributed by atoms with Crippen molar-refractivity contribution in [1.82, 2.24) is 4.98 Å². The quantitative estimate of drug-likeness (QED) is 0.804. The van der Waals surface area contributed by atoms with Crippen LogP contribution in [0.15, 0.2) is 22.6 Å². The minimum Gasteiger partial charge on any atom is -0.439 e. The Bertz CT molecular complexity index is 727. The molecular formula is C16H18N2O3. The molecule has 4 rings (SSSR count). The average molecular weight is 286 g/mol. The minimum atomic E-state index is -0.825. The molecule has 0 aliphatic heterocycles. The molecule has 4 N–H and O–H groups in total. The highest BCUT2D eigenvalue weighted by Gasteiger charge is 2.46. The molecule has 0 unspecified atom stereocenters. The zero-order valence-electron chi connectivity index (χ0n) is 11.9. The molecule has 2 aliphatic rings. The van der Waals surface area contributed by atoms with Gasteiger partial charge in [0.2, 0.25) is 0 Å². The van der Waals surface area contributed by atoms with Gasteiger partial charge in [-0.2, -0.15) is 0 Å². The van der Waals surface area contributed by atoms with E-state index < -0.39 is 11.2 Å². The van der Waals surface area contributed by atoms with Crippen molar-refractivity contribution in [2.75, 3.05) is 5.73 Å². The molecule has 0 spiro atoms. The van der Waals surface area contributed by atoms with Gasteiger partial charge in [0.1, 0.15) is 11.3 Å². The number of anilines is 1. The van der Waals surface area contributed by atoms with Crippen molar-refractivity contribution in [3.8, 4) is 11.5 Å². The molecule has 0 amide bonds. The number of aromatic nitrogens is 1. The van der Waals surface area contributed by atoms with Gasteiger partial charge in [-0.1, -0.05) is 6.07 Å². The van der Waals surface area contributed by atoms with Crippen molar-refractivity contribution in [2.24, 2.45) is 0 Å². The number of aliphatic hydroxyl groups is 2. The van der Waals surface area contributed by atoms with Gasteiger partial charge in [0, 0.05) is 5.56 Å². The summed E-state index contributed by atoms with van der Waals surface area (Å²) in [5.74, 6) is 0.785. The molecule has 0 saturated heterocycles. The van der Waals surface area contributed by atoms with Crippen LogP contribution >= 0.6 is 0 Å². The van der Waals surface area contributed by atoms with Crippen molar-refractivity contribution in [3.63, 3.8) is 0 Å². The maximum absolute atomic E-state index is 10.3. The van der Waals surface area contributed by atoms with E-state index in [1.807, 2.05) is 19.1 Å². The van der Waals surface area contributed by atoms with E-state index in [9.17, 15) is 10.2 Å². The van der Waals surface area contributed by atoms with Crippen LogP contribution in [0.25, 0.3) is 11.5 Å². The summed E-state index contributed by atoms with van der Waals surface area (Å²) in [6.45, 7) is 1.94. The van der Waals surface area contributed by atoms with Crippen LogP contribution < -0.4 is 5.73 Å². The van der Waals surface area contributed by atoms with Gasteiger partial charge in [-0.05, 0) is 50.3 Å².